The molecule has 0 N–H and O–H groups in total. The molecule has 0 radical (unpaired) electrons. The summed E-state index contributed by atoms with van der Waals surface area (Å²) in [6.45, 7) is 1.96. The molecule has 0 saturated heterocycles. The first-order valence-corrected chi connectivity index (χ1v) is 7.57. The van der Waals surface area contributed by atoms with Gasteiger partial charge in [-0.25, -0.2) is 0 Å². The van der Waals surface area contributed by atoms with E-state index in [9.17, 15) is 0 Å². The van der Waals surface area contributed by atoms with E-state index in [-0.39, 0.29) is 0 Å². The fourth-order valence-corrected chi connectivity index (χ4v) is 2.61. The first-order chi connectivity index (χ1) is 9.01. The lowest BCUT2D eigenvalue weighted by Crippen LogP contribution is -1.90. The summed E-state index contributed by atoms with van der Waals surface area (Å²) >= 11 is 21.3. The lowest BCUT2D eigenvalue weighted by molar-refractivity contribution is 0.479. The van der Waals surface area contributed by atoms with Crippen LogP contribution in [0.15, 0.2) is 34.8 Å². The molecule has 0 spiro atoms. The van der Waals surface area contributed by atoms with E-state index in [4.69, 9.17) is 39.5 Å². The van der Waals surface area contributed by atoms with Gasteiger partial charge in [0.2, 0.25) is 0 Å². The van der Waals surface area contributed by atoms with Gasteiger partial charge in [-0.1, -0.05) is 35.3 Å². The highest BCUT2D eigenvalue weighted by Gasteiger charge is 2.09. The molecule has 0 aliphatic rings. The van der Waals surface area contributed by atoms with Crippen molar-refractivity contribution in [2.75, 3.05) is 0 Å². The van der Waals surface area contributed by atoms with Crippen molar-refractivity contribution in [3.63, 3.8) is 0 Å². The van der Waals surface area contributed by atoms with Crippen molar-refractivity contribution in [3.8, 4) is 11.5 Å². The largest absolute Gasteiger partial charge is 0.455 e. The van der Waals surface area contributed by atoms with Gasteiger partial charge in [0.05, 0.1) is 10.0 Å². The Bertz CT molecular complexity index is 614. The molecule has 0 unspecified atom stereocenters. The van der Waals surface area contributed by atoms with Crippen molar-refractivity contribution in [2.45, 2.75) is 12.8 Å². The van der Waals surface area contributed by atoms with E-state index in [1.165, 1.54) is 0 Å². The number of benzene rings is 2. The Labute approximate surface area is 135 Å². The first-order valence-electron chi connectivity index (χ1n) is 5.49. The third kappa shape index (κ3) is 3.57. The van der Waals surface area contributed by atoms with Gasteiger partial charge in [0.1, 0.15) is 11.5 Å². The van der Waals surface area contributed by atoms with Crippen LogP contribution in [0.3, 0.4) is 0 Å². The highest BCUT2D eigenvalue weighted by atomic mass is 79.9. The highest BCUT2D eigenvalue weighted by molar-refractivity contribution is 9.10. The summed E-state index contributed by atoms with van der Waals surface area (Å²) in [6.07, 6.45) is 0. The quantitative estimate of drug-likeness (QED) is 0.431. The van der Waals surface area contributed by atoms with Gasteiger partial charge in [-0.15, -0.1) is 11.6 Å². The van der Waals surface area contributed by atoms with Crippen molar-refractivity contribution < 1.29 is 4.74 Å². The third-order valence-corrected chi connectivity index (χ3v) is 4.39. The average Bonchev–Trinajstić information content (AvgIpc) is 2.38. The summed E-state index contributed by atoms with van der Waals surface area (Å²) in [7, 11) is 0. The van der Waals surface area contributed by atoms with Crippen LogP contribution >= 0.6 is 50.7 Å². The summed E-state index contributed by atoms with van der Waals surface area (Å²) in [5.41, 5.74) is 2.04. The van der Waals surface area contributed by atoms with E-state index in [0.717, 1.165) is 21.3 Å². The predicted octanol–water partition coefficient (Wildman–Crippen LogP) is 6.60. The minimum absolute atomic E-state index is 0.478. The van der Waals surface area contributed by atoms with E-state index in [1.807, 2.05) is 25.1 Å². The Kier molecular flexibility index (Phi) is 5.02. The predicted molar refractivity (Wildman–Crippen MR) is 85.0 cm³/mol. The van der Waals surface area contributed by atoms with Crippen molar-refractivity contribution in [1.82, 2.24) is 0 Å². The van der Waals surface area contributed by atoms with Crippen LogP contribution in [0.1, 0.15) is 11.1 Å². The van der Waals surface area contributed by atoms with Gasteiger partial charge in [0.15, 0.2) is 0 Å². The summed E-state index contributed by atoms with van der Waals surface area (Å²) < 4.78 is 6.53. The molecular weight excluding hydrogens is 370 g/mol. The molecule has 0 heterocycles. The zero-order valence-electron chi connectivity index (χ0n) is 10.0. The van der Waals surface area contributed by atoms with Crippen molar-refractivity contribution >= 4 is 50.7 Å². The Morgan fingerprint density at radius 3 is 2.42 bits per heavy atom. The molecular formula is C14H10BrCl3O. The summed E-state index contributed by atoms with van der Waals surface area (Å²) in [4.78, 5) is 0. The molecule has 5 heteroatoms. The summed E-state index contributed by atoms with van der Waals surface area (Å²) in [6, 6.07) is 9.17. The van der Waals surface area contributed by atoms with Gasteiger partial charge in [-0.3, -0.25) is 0 Å². The smallest absolute Gasteiger partial charge is 0.147 e. The summed E-state index contributed by atoms with van der Waals surface area (Å²) in [5.74, 6) is 1.73. The Hall–Kier alpha value is -0.410. The van der Waals surface area contributed by atoms with Crippen LogP contribution in [-0.4, -0.2) is 0 Å². The molecule has 0 aromatic heterocycles. The van der Waals surface area contributed by atoms with Crippen LogP contribution < -0.4 is 4.74 Å². The van der Waals surface area contributed by atoms with E-state index >= 15 is 0 Å². The number of hydrogen-bond donors (Lipinski definition) is 0. The fourth-order valence-electron chi connectivity index (χ4n) is 1.61. The van der Waals surface area contributed by atoms with Crippen molar-refractivity contribution in [3.05, 3.63) is 56.0 Å². The number of alkyl halides is 1. The van der Waals surface area contributed by atoms with Gasteiger partial charge in [0, 0.05) is 16.4 Å². The zero-order chi connectivity index (χ0) is 14.0. The Morgan fingerprint density at radius 1 is 1.05 bits per heavy atom. The molecule has 0 aliphatic carbocycles. The van der Waals surface area contributed by atoms with Crippen LogP contribution in [0.25, 0.3) is 0 Å². The minimum Gasteiger partial charge on any atom is -0.455 e. The second kappa shape index (κ2) is 6.36. The first kappa shape index (κ1) is 15.0. The van der Waals surface area contributed by atoms with Gasteiger partial charge >= 0.3 is 0 Å². The molecule has 2 aromatic carbocycles. The van der Waals surface area contributed by atoms with E-state index in [0.29, 0.717) is 21.7 Å². The molecule has 19 heavy (non-hydrogen) atoms. The number of hydrogen-bond acceptors (Lipinski definition) is 1. The van der Waals surface area contributed by atoms with Crippen LogP contribution in [0, 0.1) is 6.92 Å². The maximum absolute atomic E-state index is 6.13. The molecule has 0 fully saturated rings. The topological polar surface area (TPSA) is 9.23 Å². The molecule has 0 amide bonds. The lowest BCUT2D eigenvalue weighted by atomic mass is 10.1. The maximum atomic E-state index is 6.13. The average molecular weight is 380 g/mol. The molecule has 0 bridgehead atoms. The normalized spacial score (nSPS) is 10.6. The minimum atomic E-state index is 0.478. The fraction of sp³-hybridized carbons (Fsp3) is 0.143. The van der Waals surface area contributed by atoms with E-state index in [1.54, 1.807) is 12.1 Å². The van der Waals surface area contributed by atoms with Crippen molar-refractivity contribution in [2.24, 2.45) is 0 Å². The van der Waals surface area contributed by atoms with Gasteiger partial charge in [-0.2, -0.15) is 0 Å². The summed E-state index contributed by atoms with van der Waals surface area (Å²) in [5, 5.41) is 1.05. The molecule has 2 rings (SSSR count). The molecule has 0 saturated carbocycles. The highest BCUT2D eigenvalue weighted by Crippen LogP contribution is 2.37. The Morgan fingerprint density at radius 2 is 1.79 bits per heavy atom. The number of aryl methyl sites for hydroxylation is 1. The lowest BCUT2D eigenvalue weighted by Gasteiger charge is -2.12. The standard InChI is InChI=1S/C14H10BrCl3O/c1-8-4-9(7-16)2-3-13(8)19-14-6-11(17)10(15)5-12(14)18/h2-6H,7H2,1H3. The number of ether oxygens (including phenoxy) is 1. The van der Waals surface area contributed by atoms with Crippen LogP contribution in [0.5, 0.6) is 11.5 Å². The molecule has 1 nitrogen and oxygen atoms in total. The van der Waals surface area contributed by atoms with E-state index < -0.39 is 0 Å². The molecule has 2 aromatic rings. The molecule has 100 valence electrons. The molecule has 0 atom stereocenters. The van der Waals surface area contributed by atoms with Gasteiger partial charge < -0.3 is 4.74 Å². The maximum Gasteiger partial charge on any atom is 0.147 e. The van der Waals surface area contributed by atoms with Gasteiger partial charge in [0.25, 0.3) is 0 Å². The zero-order valence-corrected chi connectivity index (χ0v) is 13.9. The Balaban J connectivity index is 2.33. The molecule has 0 aliphatic heterocycles. The number of halogens is 4. The van der Waals surface area contributed by atoms with Crippen molar-refractivity contribution in [1.29, 1.82) is 0 Å². The van der Waals surface area contributed by atoms with Crippen LogP contribution in [-0.2, 0) is 5.88 Å². The second-order valence-electron chi connectivity index (χ2n) is 4.03. The monoisotopic (exact) mass is 378 g/mol. The van der Waals surface area contributed by atoms with Crippen LogP contribution in [0.4, 0.5) is 0 Å². The van der Waals surface area contributed by atoms with Crippen LogP contribution in [0.2, 0.25) is 10.0 Å². The van der Waals surface area contributed by atoms with E-state index in [2.05, 4.69) is 15.9 Å². The third-order valence-electron chi connectivity index (χ3n) is 2.59. The SMILES string of the molecule is Cc1cc(CCl)ccc1Oc1cc(Cl)c(Br)cc1Cl. The second-order valence-corrected chi connectivity index (χ2v) is 5.97. The van der Waals surface area contributed by atoms with Gasteiger partial charge in [-0.05, 0) is 46.1 Å². The number of rotatable bonds is 3.